The number of rotatable bonds is 9. The number of benzene rings is 1. The number of ether oxygens (including phenoxy) is 1. The fraction of sp³-hybridized carbons (Fsp3) is 0.591. The minimum absolute atomic E-state index is 0.648. The van der Waals surface area contributed by atoms with Crippen LogP contribution in [-0.2, 0) is 13.0 Å². The summed E-state index contributed by atoms with van der Waals surface area (Å²) in [6, 6.07) is 8.45. The maximum absolute atomic E-state index is 6.35. The van der Waals surface area contributed by atoms with Gasteiger partial charge in [-0.1, -0.05) is 35.1 Å². The second kappa shape index (κ2) is 10.6. The number of methoxy groups -OCH3 is 1. The summed E-state index contributed by atoms with van der Waals surface area (Å²) >= 11 is 8.04. The van der Waals surface area contributed by atoms with Crippen molar-refractivity contribution in [2.24, 2.45) is 5.92 Å². The molecule has 0 N–H and O–H groups in total. The topological polar surface area (TPSA) is 31.8 Å². The molecular weight excluding hydrogens is 404 g/mol. The average Bonchev–Trinajstić information content (AvgIpc) is 3.07. The van der Waals surface area contributed by atoms with Crippen LogP contribution in [0.3, 0.4) is 0 Å². The fourth-order valence-electron chi connectivity index (χ4n) is 3.94. The van der Waals surface area contributed by atoms with E-state index in [1.165, 1.54) is 31.5 Å². The van der Waals surface area contributed by atoms with Crippen LogP contribution < -0.4 is 9.64 Å². The SMILES string of the molecule is COc1ccc(CCN2CCCC(CN(C)Cc3sc(N(C)C)nc3Cl)C2)cc1. The van der Waals surface area contributed by atoms with Crippen LogP contribution >= 0.6 is 22.9 Å². The summed E-state index contributed by atoms with van der Waals surface area (Å²) in [4.78, 5) is 12.6. The maximum Gasteiger partial charge on any atom is 0.186 e. The zero-order chi connectivity index (χ0) is 20.8. The summed E-state index contributed by atoms with van der Waals surface area (Å²) in [6.45, 7) is 5.49. The first-order chi connectivity index (χ1) is 13.9. The maximum atomic E-state index is 6.35. The molecule has 2 heterocycles. The third-order valence-corrected chi connectivity index (χ3v) is 7.12. The Kier molecular flexibility index (Phi) is 8.18. The summed E-state index contributed by atoms with van der Waals surface area (Å²) in [5.41, 5.74) is 1.38. The van der Waals surface area contributed by atoms with Crippen molar-refractivity contribution in [3.05, 3.63) is 39.9 Å². The molecule has 0 radical (unpaired) electrons. The Labute approximate surface area is 184 Å². The molecule has 1 atom stereocenters. The van der Waals surface area contributed by atoms with Crippen molar-refractivity contribution >= 4 is 28.1 Å². The van der Waals surface area contributed by atoms with Crippen LogP contribution in [0.5, 0.6) is 5.75 Å². The molecule has 1 saturated heterocycles. The molecule has 160 valence electrons. The number of aromatic nitrogens is 1. The molecule has 1 aromatic carbocycles. The average molecular weight is 437 g/mol. The number of halogens is 1. The predicted molar refractivity (Wildman–Crippen MR) is 124 cm³/mol. The van der Waals surface area contributed by atoms with Crippen LogP contribution in [0.1, 0.15) is 23.3 Å². The van der Waals surface area contributed by atoms with Gasteiger partial charge < -0.3 is 19.4 Å². The molecule has 1 aromatic heterocycles. The van der Waals surface area contributed by atoms with Crippen LogP contribution in [0.15, 0.2) is 24.3 Å². The number of piperidine rings is 1. The number of nitrogens with zero attached hydrogens (tertiary/aromatic N) is 4. The highest BCUT2D eigenvalue weighted by atomic mass is 35.5. The highest BCUT2D eigenvalue weighted by Crippen LogP contribution is 2.30. The van der Waals surface area contributed by atoms with Gasteiger partial charge in [0.15, 0.2) is 5.13 Å². The Balaban J connectivity index is 1.46. The predicted octanol–water partition coefficient (Wildman–Crippen LogP) is 4.26. The molecule has 1 aliphatic rings. The first-order valence-corrected chi connectivity index (χ1v) is 11.5. The van der Waals surface area contributed by atoms with Crippen molar-refractivity contribution < 1.29 is 4.74 Å². The molecule has 2 aromatic rings. The molecule has 1 unspecified atom stereocenters. The van der Waals surface area contributed by atoms with Crippen molar-refractivity contribution in [2.45, 2.75) is 25.8 Å². The van der Waals surface area contributed by atoms with Crippen LogP contribution in [0.25, 0.3) is 0 Å². The number of anilines is 1. The lowest BCUT2D eigenvalue weighted by Gasteiger charge is -2.34. The van der Waals surface area contributed by atoms with Crippen molar-refractivity contribution in [1.29, 1.82) is 0 Å². The number of hydrogen-bond donors (Lipinski definition) is 0. The molecule has 7 heteroatoms. The van der Waals surface area contributed by atoms with E-state index < -0.39 is 0 Å². The number of thiazole rings is 1. The van der Waals surface area contributed by atoms with Gasteiger partial charge in [0.25, 0.3) is 0 Å². The molecule has 5 nitrogen and oxygen atoms in total. The summed E-state index contributed by atoms with van der Waals surface area (Å²) < 4.78 is 5.25. The summed E-state index contributed by atoms with van der Waals surface area (Å²) in [7, 11) is 7.92. The minimum atomic E-state index is 0.648. The van der Waals surface area contributed by atoms with Gasteiger partial charge in [-0.05, 0) is 56.5 Å². The van der Waals surface area contributed by atoms with Gasteiger partial charge in [-0.3, -0.25) is 0 Å². The molecule has 0 saturated carbocycles. The van der Waals surface area contributed by atoms with Crippen molar-refractivity contribution in [3.8, 4) is 5.75 Å². The standard InChI is InChI=1S/C22H33ClN4OS/c1-25(2)22-24-21(23)20(29-22)16-26(3)14-18-6-5-12-27(15-18)13-11-17-7-9-19(28-4)10-8-17/h7-10,18H,5-6,11-16H2,1-4H3. The van der Waals surface area contributed by atoms with E-state index in [9.17, 15) is 0 Å². The van der Waals surface area contributed by atoms with E-state index in [4.69, 9.17) is 16.3 Å². The third-order valence-electron chi connectivity index (χ3n) is 5.48. The Bertz CT molecular complexity index is 765. The van der Waals surface area contributed by atoms with Gasteiger partial charge in [0.05, 0.1) is 12.0 Å². The molecule has 0 aliphatic carbocycles. The summed E-state index contributed by atoms with van der Waals surface area (Å²) in [6.07, 6.45) is 3.69. The minimum Gasteiger partial charge on any atom is -0.497 e. The van der Waals surface area contributed by atoms with E-state index in [2.05, 4.69) is 46.1 Å². The van der Waals surface area contributed by atoms with Gasteiger partial charge in [0, 0.05) is 40.3 Å². The van der Waals surface area contributed by atoms with Crippen molar-refractivity contribution in [2.75, 3.05) is 59.3 Å². The van der Waals surface area contributed by atoms with Crippen molar-refractivity contribution in [3.63, 3.8) is 0 Å². The molecule has 1 aliphatic heterocycles. The Morgan fingerprint density at radius 1 is 1.24 bits per heavy atom. The van der Waals surface area contributed by atoms with E-state index in [1.807, 2.05) is 19.0 Å². The number of likely N-dealkylation sites (tertiary alicyclic amines) is 1. The normalized spacial score (nSPS) is 17.7. The van der Waals surface area contributed by atoms with Crippen molar-refractivity contribution in [1.82, 2.24) is 14.8 Å². The van der Waals surface area contributed by atoms with E-state index in [1.54, 1.807) is 18.4 Å². The van der Waals surface area contributed by atoms with Gasteiger partial charge in [0.2, 0.25) is 0 Å². The Morgan fingerprint density at radius 2 is 2.00 bits per heavy atom. The molecule has 29 heavy (non-hydrogen) atoms. The third kappa shape index (κ3) is 6.57. The largest absolute Gasteiger partial charge is 0.497 e. The van der Waals surface area contributed by atoms with Gasteiger partial charge in [-0.2, -0.15) is 0 Å². The molecule has 1 fully saturated rings. The van der Waals surface area contributed by atoms with Crippen LogP contribution in [0.4, 0.5) is 5.13 Å². The molecule has 0 bridgehead atoms. The van der Waals surface area contributed by atoms with E-state index in [-0.39, 0.29) is 0 Å². The highest BCUT2D eigenvalue weighted by Gasteiger charge is 2.22. The second-order valence-electron chi connectivity index (χ2n) is 8.21. The second-order valence-corrected chi connectivity index (χ2v) is 9.63. The zero-order valence-corrected chi connectivity index (χ0v) is 19.6. The van der Waals surface area contributed by atoms with Crippen LogP contribution in [0, 0.1) is 5.92 Å². The van der Waals surface area contributed by atoms with Crippen LogP contribution in [0.2, 0.25) is 5.15 Å². The van der Waals surface area contributed by atoms with Gasteiger partial charge in [0.1, 0.15) is 10.9 Å². The van der Waals surface area contributed by atoms with E-state index >= 15 is 0 Å². The summed E-state index contributed by atoms with van der Waals surface area (Å²) in [5, 5.41) is 1.62. The molecule has 0 spiro atoms. The first-order valence-electron chi connectivity index (χ1n) is 10.3. The Morgan fingerprint density at radius 3 is 2.66 bits per heavy atom. The first kappa shape index (κ1) is 22.3. The molecule has 3 rings (SSSR count). The lowest BCUT2D eigenvalue weighted by atomic mass is 9.97. The van der Waals surface area contributed by atoms with E-state index in [0.717, 1.165) is 41.8 Å². The van der Waals surface area contributed by atoms with Gasteiger partial charge in [-0.15, -0.1) is 0 Å². The zero-order valence-electron chi connectivity index (χ0n) is 18.0. The van der Waals surface area contributed by atoms with Gasteiger partial charge >= 0.3 is 0 Å². The molecular formula is C22H33ClN4OS. The smallest absolute Gasteiger partial charge is 0.186 e. The lowest BCUT2D eigenvalue weighted by Crippen LogP contribution is -2.40. The number of hydrogen-bond acceptors (Lipinski definition) is 6. The monoisotopic (exact) mass is 436 g/mol. The highest BCUT2D eigenvalue weighted by molar-refractivity contribution is 7.16. The Hall–Kier alpha value is -1.34. The fourth-order valence-corrected chi connectivity index (χ4v) is 5.20. The molecule has 0 amide bonds. The summed E-state index contributed by atoms with van der Waals surface area (Å²) in [5.74, 6) is 1.64. The van der Waals surface area contributed by atoms with Gasteiger partial charge in [-0.25, -0.2) is 4.98 Å². The van der Waals surface area contributed by atoms with Crippen LogP contribution in [-0.4, -0.2) is 69.2 Å². The lowest BCUT2D eigenvalue weighted by molar-refractivity contribution is 0.142. The quantitative estimate of drug-likeness (QED) is 0.586. The van der Waals surface area contributed by atoms with E-state index in [0.29, 0.717) is 11.1 Å².